The van der Waals surface area contributed by atoms with E-state index in [4.69, 9.17) is 5.73 Å². The fourth-order valence-electron chi connectivity index (χ4n) is 1.87. The van der Waals surface area contributed by atoms with Gasteiger partial charge in [-0.25, -0.2) is 0 Å². The first-order chi connectivity index (χ1) is 9.52. The van der Waals surface area contributed by atoms with E-state index in [1.165, 1.54) is 6.08 Å². The van der Waals surface area contributed by atoms with E-state index in [1.807, 2.05) is 0 Å². The van der Waals surface area contributed by atoms with Crippen LogP contribution in [-0.4, -0.2) is 7.11 Å². The standard InChI is InChI=1S/C13H13F6NO.ClH/c1-3-4-9(20)11-8(13(17,18)19)5-7(12(14,15)16)6-10(11)21-2;/h3,5-6,9H,1,4,20H2,2H3;1H/t9-;/m1./s1. The fourth-order valence-corrected chi connectivity index (χ4v) is 1.87. The highest BCUT2D eigenvalue weighted by Gasteiger charge is 2.40. The van der Waals surface area contributed by atoms with Gasteiger partial charge in [0.1, 0.15) is 5.75 Å². The Morgan fingerprint density at radius 2 is 1.73 bits per heavy atom. The van der Waals surface area contributed by atoms with Crippen LogP contribution in [0.1, 0.15) is 29.2 Å². The summed E-state index contributed by atoms with van der Waals surface area (Å²) in [7, 11) is 0.986. The number of methoxy groups -OCH3 is 1. The molecule has 0 aromatic heterocycles. The summed E-state index contributed by atoms with van der Waals surface area (Å²) in [6.07, 6.45) is -8.66. The predicted molar refractivity (Wildman–Crippen MR) is 72.0 cm³/mol. The smallest absolute Gasteiger partial charge is 0.416 e. The molecule has 0 aliphatic heterocycles. The van der Waals surface area contributed by atoms with Gasteiger partial charge >= 0.3 is 12.4 Å². The Morgan fingerprint density at radius 3 is 2.09 bits per heavy atom. The molecule has 0 saturated heterocycles. The van der Waals surface area contributed by atoms with Gasteiger partial charge in [-0.2, -0.15) is 26.3 Å². The molecule has 0 aliphatic carbocycles. The molecule has 0 unspecified atom stereocenters. The lowest BCUT2D eigenvalue weighted by Crippen LogP contribution is -2.20. The molecule has 0 aliphatic rings. The van der Waals surface area contributed by atoms with Crippen LogP contribution in [0.2, 0.25) is 0 Å². The van der Waals surface area contributed by atoms with Crippen LogP contribution >= 0.6 is 12.4 Å². The summed E-state index contributed by atoms with van der Waals surface area (Å²) in [5, 5.41) is 0. The lowest BCUT2D eigenvalue weighted by Gasteiger charge is -2.22. The first kappa shape index (κ1) is 20.6. The minimum Gasteiger partial charge on any atom is -0.496 e. The monoisotopic (exact) mass is 349 g/mol. The molecule has 126 valence electrons. The van der Waals surface area contributed by atoms with Crippen LogP contribution in [-0.2, 0) is 12.4 Å². The summed E-state index contributed by atoms with van der Waals surface area (Å²) in [5.74, 6) is -0.550. The van der Waals surface area contributed by atoms with Crippen LogP contribution < -0.4 is 10.5 Å². The number of hydrogen-bond acceptors (Lipinski definition) is 2. The normalized spacial score (nSPS) is 13.3. The molecule has 0 amide bonds. The Labute approximate surface area is 129 Å². The number of nitrogens with two attached hydrogens (primary N) is 1. The van der Waals surface area contributed by atoms with Crippen LogP contribution in [0.25, 0.3) is 0 Å². The van der Waals surface area contributed by atoms with Crippen molar-refractivity contribution in [3.8, 4) is 5.75 Å². The van der Waals surface area contributed by atoms with E-state index in [-0.39, 0.29) is 24.9 Å². The Balaban J connectivity index is 0.00000441. The Hall–Kier alpha value is -1.41. The molecule has 2 N–H and O–H groups in total. The van der Waals surface area contributed by atoms with Gasteiger partial charge in [0.05, 0.1) is 18.2 Å². The van der Waals surface area contributed by atoms with Crippen LogP contribution in [0, 0.1) is 0 Å². The number of hydrogen-bond donors (Lipinski definition) is 1. The molecule has 1 aromatic rings. The number of halogens is 7. The maximum atomic E-state index is 13.0. The molecule has 0 heterocycles. The number of alkyl halides is 6. The third kappa shape index (κ3) is 4.54. The topological polar surface area (TPSA) is 35.2 Å². The predicted octanol–water partition coefficient (Wildman–Crippen LogP) is 4.73. The van der Waals surface area contributed by atoms with Gasteiger partial charge in [0.25, 0.3) is 0 Å². The van der Waals surface area contributed by atoms with Gasteiger partial charge in [0.15, 0.2) is 0 Å². The zero-order valence-electron chi connectivity index (χ0n) is 11.4. The van der Waals surface area contributed by atoms with E-state index in [9.17, 15) is 26.3 Å². The molecule has 0 radical (unpaired) electrons. The van der Waals surface area contributed by atoms with Gasteiger partial charge in [0.2, 0.25) is 0 Å². The quantitative estimate of drug-likeness (QED) is 0.630. The molecule has 0 fully saturated rings. The number of ether oxygens (including phenoxy) is 1. The van der Waals surface area contributed by atoms with Gasteiger partial charge in [0, 0.05) is 11.6 Å². The lowest BCUT2D eigenvalue weighted by molar-refractivity contribution is -0.143. The van der Waals surface area contributed by atoms with Crippen LogP contribution in [0.15, 0.2) is 24.8 Å². The third-order valence-corrected chi connectivity index (χ3v) is 2.79. The number of benzene rings is 1. The van der Waals surface area contributed by atoms with E-state index in [1.54, 1.807) is 0 Å². The molecule has 1 aromatic carbocycles. The molecule has 0 bridgehead atoms. The van der Waals surface area contributed by atoms with E-state index in [0.29, 0.717) is 6.07 Å². The van der Waals surface area contributed by atoms with Crippen LogP contribution in [0.5, 0.6) is 5.75 Å². The first-order valence-corrected chi connectivity index (χ1v) is 5.75. The van der Waals surface area contributed by atoms with Gasteiger partial charge in [-0.1, -0.05) is 6.08 Å². The summed E-state index contributed by atoms with van der Waals surface area (Å²) in [6, 6.07) is -0.620. The van der Waals surface area contributed by atoms with Gasteiger partial charge in [-0.3, -0.25) is 0 Å². The second-order valence-corrected chi connectivity index (χ2v) is 4.27. The highest BCUT2D eigenvalue weighted by Crippen LogP contribution is 2.43. The average molecular weight is 350 g/mol. The van der Waals surface area contributed by atoms with Crippen LogP contribution in [0.4, 0.5) is 26.3 Å². The summed E-state index contributed by atoms with van der Waals surface area (Å²) < 4.78 is 81.8. The van der Waals surface area contributed by atoms with E-state index in [2.05, 4.69) is 11.3 Å². The zero-order chi connectivity index (χ0) is 16.4. The molecular formula is C13H14ClF6NO. The molecule has 22 heavy (non-hydrogen) atoms. The maximum absolute atomic E-state index is 13.0. The molecule has 1 atom stereocenters. The van der Waals surface area contributed by atoms with Crippen molar-refractivity contribution in [2.45, 2.75) is 24.8 Å². The second-order valence-electron chi connectivity index (χ2n) is 4.27. The van der Waals surface area contributed by atoms with Gasteiger partial charge < -0.3 is 10.5 Å². The molecule has 0 spiro atoms. The molecule has 1 rings (SSSR count). The van der Waals surface area contributed by atoms with Gasteiger partial charge in [-0.15, -0.1) is 19.0 Å². The van der Waals surface area contributed by atoms with Crippen molar-refractivity contribution in [3.05, 3.63) is 41.5 Å². The van der Waals surface area contributed by atoms with Crippen molar-refractivity contribution in [1.82, 2.24) is 0 Å². The SMILES string of the molecule is C=CC[C@@H](N)c1c(OC)cc(C(F)(F)F)cc1C(F)(F)F.Cl. The van der Waals surface area contributed by atoms with Gasteiger partial charge in [-0.05, 0) is 18.6 Å². The van der Waals surface area contributed by atoms with Crippen LogP contribution in [0.3, 0.4) is 0 Å². The third-order valence-electron chi connectivity index (χ3n) is 2.79. The van der Waals surface area contributed by atoms with Crippen molar-refractivity contribution in [3.63, 3.8) is 0 Å². The summed E-state index contributed by atoms with van der Waals surface area (Å²) in [6.45, 7) is 3.35. The maximum Gasteiger partial charge on any atom is 0.416 e. The van der Waals surface area contributed by atoms with Crippen molar-refractivity contribution >= 4 is 12.4 Å². The molecular weight excluding hydrogens is 336 g/mol. The Morgan fingerprint density at radius 1 is 1.18 bits per heavy atom. The highest BCUT2D eigenvalue weighted by molar-refractivity contribution is 5.85. The van der Waals surface area contributed by atoms with Crippen molar-refractivity contribution in [2.24, 2.45) is 5.73 Å². The Bertz CT molecular complexity index is 526. The molecule has 2 nitrogen and oxygen atoms in total. The fraction of sp³-hybridized carbons (Fsp3) is 0.385. The molecule has 0 saturated carbocycles. The van der Waals surface area contributed by atoms with E-state index >= 15 is 0 Å². The summed E-state index contributed by atoms with van der Waals surface area (Å²) in [5.41, 5.74) is 2.19. The minimum absolute atomic E-state index is 0. The molecule has 9 heteroatoms. The zero-order valence-corrected chi connectivity index (χ0v) is 12.2. The summed E-state index contributed by atoms with van der Waals surface area (Å²) in [4.78, 5) is 0. The van der Waals surface area contributed by atoms with E-state index in [0.717, 1.165) is 7.11 Å². The minimum atomic E-state index is -4.98. The largest absolute Gasteiger partial charge is 0.496 e. The van der Waals surface area contributed by atoms with E-state index < -0.39 is 40.8 Å². The highest BCUT2D eigenvalue weighted by atomic mass is 35.5. The Kier molecular flexibility index (Phi) is 6.77. The van der Waals surface area contributed by atoms with Crippen molar-refractivity contribution in [2.75, 3.05) is 7.11 Å². The second kappa shape index (κ2) is 7.23. The summed E-state index contributed by atoms with van der Waals surface area (Å²) >= 11 is 0. The average Bonchev–Trinajstić information content (AvgIpc) is 2.35. The van der Waals surface area contributed by atoms with Crippen molar-refractivity contribution < 1.29 is 31.1 Å². The lowest BCUT2D eigenvalue weighted by atomic mass is 9.94. The number of rotatable bonds is 4. The van der Waals surface area contributed by atoms with Crippen molar-refractivity contribution in [1.29, 1.82) is 0 Å². The first-order valence-electron chi connectivity index (χ1n) is 5.75.